The fraction of sp³-hybridized carbons (Fsp3) is 0.188. The Bertz CT molecular complexity index is 1770. The first-order valence-electron chi connectivity index (χ1n) is 13.7. The number of hydrogen-bond donors (Lipinski definition) is 0. The summed E-state index contributed by atoms with van der Waals surface area (Å²) in [6.07, 6.45) is 0.526. The minimum absolute atomic E-state index is 0.289. The summed E-state index contributed by atoms with van der Waals surface area (Å²) < 4.78 is 25.7. The van der Waals surface area contributed by atoms with Gasteiger partial charge in [-0.05, 0) is 42.7 Å². The fourth-order valence-electron chi connectivity index (χ4n) is 4.87. The molecule has 0 aliphatic carbocycles. The van der Waals surface area contributed by atoms with E-state index in [1.165, 1.54) is 24.3 Å². The zero-order valence-corrected chi connectivity index (χ0v) is 24.2. The first kappa shape index (κ1) is 29.0. The molecule has 1 saturated heterocycles. The number of aromatic nitrogens is 4. The van der Waals surface area contributed by atoms with E-state index in [1.807, 2.05) is 6.26 Å². The largest absolute Gasteiger partial charge is 0.459 e. The summed E-state index contributed by atoms with van der Waals surface area (Å²) in [4.78, 5) is 44.1. The normalized spacial score (nSPS) is 19.4. The highest BCUT2D eigenvalue weighted by Crippen LogP contribution is 2.37. The third-order valence-corrected chi connectivity index (χ3v) is 7.67. The minimum Gasteiger partial charge on any atom is -0.459 e. The average molecular weight is 611 g/mol. The molecular weight excluding hydrogens is 584 g/mol. The zero-order chi connectivity index (χ0) is 30.5. The van der Waals surface area contributed by atoms with E-state index in [0.29, 0.717) is 27.2 Å². The molecule has 5 aromatic rings. The van der Waals surface area contributed by atoms with Crippen molar-refractivity contribution < 1.29 is 33.3 Å². The molecule has 6 rings (SSSR count). The van der Waals surface area contributed by atoms with Gasteiger partial charge in [0, 0.05) is 0 Å². The molecule has 1 aliphatic rings. The lowest BCUT2D eigenvalue weighted by molar-refractivity contribution is -0.0604. The number of imidazole rings is 1. The van der Waals surface area contributed by atoms with Gasteiger partial charge in [-0.25, -0.2) is 19.4 Å². The molecule has 0 radical (unpaired) electrons. The van der Waals surface area contributed by atoms with Crippen LogP contribution in [0.4, 0.5) is 0 Å². The lowest BCUT2D eigenvalue weighted by Crippen LogP contribution is -2.41. The van der Waals surface area contributed by atoms with Crippen LogP contribution in [0.15, 0.2) is 109 Å². The molecule has 1 fully saturated rings. The number of ether oxygens (including phenoxy) is 4. The maximum atomic E-state index is 13.4. The molecule has 3 heterocycles. The van der Waals surface area contributed by atoms with Gasteiger partial charge in [-0.1, -0.05) is 54.6 Å². The van der Waals surface area contributed by atoms with Crippen molar-refractivity contribution >= 4 is 40.7 Å². The second-order valence-corrected chi connectivity index (χ2v) is 10.5. The standard InChI is InChI=1S/C32H26N4O7S/c1-44-28-25-23(17-34-35-28)36(19-33-25)29-27(43-32(39)22-15-9-4-10-16-22)26(42-31(38)21-13-7-3-8-14-21)24(41-29)18-40-30(37)20-11-5-2-6-12-20/h2-17,19,24,26-27,29H,18H2,1H3. The number of rotatable bonds is 9. The number of carbonyl (C=O) groups excluding carboxylic acids is 3. The highest BCUT2D eigenvalue weighted by molar-refractivity contribution is 7.98. The zero-order valence-electron chi connectivity index (χ0n) is 23.4. The predicted molar refractivity (Wildman–Crippen MR) is 159 cm³/mol. The van der Waals surface area contributed by atoms with E-state index in [4.69, 9.17) is 18.9 Å². The van der Waals surface area contributed by atoms with E-state index in [2.05, 4.69) is 15.2 Å². The van der Waals surface area contributed by atoms with Gasteiger partial charge in [0.05, 0.1) is 34.7 Å². The number of fused-ring (bicyclic) bond motifs is 1. The van der Waals surface area contributed by atoms with Crippen LogP contribution in [0.3, 0.4) is 0 Å². The van der Waals surface area contributed by atoms with Crippen LogP contribution in [-0.4, -0.2) is 68.8 Å². The maximum absolute atomic E-state index is 13.4. The van der Waals surface area contributed by atoms with Gasteiger partial charge in [-0.15, -0.1) is 16.9 Å². The summed E-state index contributed by atoms with van der Waals surface area (Å²) in [7, 11) is 0. The Morgan fingerprint density at radius 3 is 1.91 bits per heavy atom. The molecule has 0 N–H and O–H groups in total. The summed E-state index contributed by atoms with van der Waals surface area (Å²) in [6.45, 7) is -0.293. The predicted octanol–water partition coefficient (Wildman–Crippen LogP) is 4.75. The molecule has 1 aliphatic heterocycles. The van der Waals surface area contributed by atoms with Crippen molar-refractivity contribution in [2.45, 2.75) is 29.6 Å². The van der Waals surface area contributed by atoms with Crippen LogP contribution in [-0.2, 0) is 18.9 Å². The third-order valence-electron chi connectivity index (χ3n) is 7.01. The quantitative estimate of drug-likeness (QED) is 0.130. The second kappa shape index (κ2) is 13.1. The van der Waals surface area contributed by atoms with E-state index in [9.17, 15) is 14.4 Å². The van der Waals surface area contributed by atoms with Crippen molar-refractivity contribution in [1.82, 2.24) is 19.7 Å². The van der Waals surface area contributed by atoms with Crippen molar-refractivity contribution in [3.63, 3.8) is 0 Å². The van der Waals surface area contributed by atoms with Gasteiger partial charge in [0.25, 0.3) is 0 Å². The van der Waals surface area contributed by atoms with Gasteiger partial charge in [-0.2, -0.15) is 5.10 Å². The smallest absolute Gasteiger partial charge is 0.338 e. The lowest BCUT2D eigenvalue weighted by Gasteiger charge is -2.25. The van der Waals surface area contributed by atoms with Gasteiger partial charge in [0.15, 0.2) is 18.4 Å². The minimum atomic E-state index is -1.17. The van der Waals surface area contributed by atoms with Crippen molar-refractivity contribution in [2.75, 3.05) is 12.9 Å². The number of hydrogen-bond acceptors (Lipinski definition) is 11. The van der Waals surface area contributed by atoms with Crippen molar-refractivity contribution in [1.29, 1.82) is 0 Å². The van der Waals surface area contributed by atoms with E-state index in [-0.39, 0.29) is 12.2 Å². The summed E-state index contributed by atoms with van der Waals surface area (Å²) in [6, 6.07) is 25.3. The van der Waals surface area contributed by atoms with Crippen LogP contribution in [0.25, 0.3) is 11.0 Å². The Labute approximate surface area is 256 Å². The highest BCUT2D eigenvalue weighted by Gasteiger charge is 2.51. The van der Waals surface area contributed by atoms with Crippen LogP contribution >= 0.6 is 11.8 Å². The van der Waals surface area contributed by atoms with Crippen LogP contribution in [0, 0.1) is 0 Å². The van der Waals surface area contributed by atoms with E-state index in [0.717, 1.165) is 0 Å². The van der Waals surface area contributed by atoms with Gasteiger partial charge >= 0.3 is 17.9 Å². The lowest BCUT2D eigenvalue weighted by atomic mass is 10.1. The SMILES string of the molecule is CSc1nncc2c1ncn2C1OC(COC(=O)c2ccccc2)C(OC(=O)c2ccccc2)C1OC(=O)c1ccccc1. The number of esters is 3. The highest BCUT2D eigenvalue weighted by atomic mass is 32.2. The van der Waals surface area contributed by atoms with Gasteiger partial charge in [0.1, 0.15) is 23.3 Å². The van der Waals surface area contributed by atoms with Crippen LogP contribution in [0.5, 0.6) is 0 Å². The molecule has 11 nitrogen and oxygen atoms in total. The molecule has 0 bridgehead atoms. The van der Waals surface area contributed by atoms with Crippen LogP contribution < -0.4 is 0 Å². The van der Waals surface area contributed by atoms with E-state index >= 15 is 0 Å². The number of thioether (sulfide) groups is 1. The molecule has 4 unspecified atom stereocenters. The Balaban J connectivity index is 1.38. The summed E-state index contributed by atoms with van der Waals surface area (Å²) in [5, 5.41) is 8.82. The fourth-order valence-corrected chi connectivity index (χ4v) is 5.35. The Morgan fingerprint density at radius 1 is 0.795 bits per heavy atom. The summed E-state index contributed by atoms with van der Waals surface area (Å²) in [5.41, 5.74) is 2.06. The molecule has 2 aromatic heterocycles. The molecule has 222 valence electrons. The van der Waals surface area contributed by atoms with Gasteiger partial charge in [0.2, 0.25) is 0 Å². The topological polar surface area (TPSA) is 132 Å². The molecule has 0 saturated carbocycles. The number of nitrogens with zero attached hydrogens (tertiary/aromatic N) is 4. The molecular formula is C32H26N4O7S. The molecule has 0 amide bonds. The number of benzene rings is 3. The summed E-state index contributed by atoms with van der Waals surface area (Å²) in [5.74, 6) is -1.90. The van der Waals surface area contributed by atoms with Gasteiger partial charge in [-0.3, -0.25) is 4.57 Å². The third kappa shape index (κ3) is 6.03. The maximum Gasteiger partial charge on any atom is 0.338 e. The monoisotopic (exact) mass is 610 g/mol. The molecule has 44 heavy (non-hydrogen) atoms. The molecule has 3 aromatic carbocycles. The first-order chi connectivity index (χ1) is 21.5. The van der Waals surface area contributed by atoms with Gasteiger partial charge < -0.3 is 18.9 Å². The first-order valence-corrected chi connectivity index (χ1v) is 14.9. The molecule has 12 heteroatoms. The Hall–Kier alpha value is -5.07. The van der Waals surface area contributed by atoms with Crippen LogP contribution in [0.2, 0.25) is 0 Å². The Morgan fingerprint density at radius 2 is 1.34 bits per heavy atom. The van der Waals surface area contributed by atoms with Crippen molar-refractivity contribution in [3.8, 4) is 0 Å². The van der Waals surface area contributed by atoms with Crippen LogP contribution in [0.1, 0.15) is 37.3 Å². The van der Waals surface area contributed by atoms with Crippen molar-refractivity contribution in [2.24, 2.45) is 0 Å². The molecule has 0 spiro atoms. The molecule has 4 atom stereocenters. The van der Waals surface area contributed by atoms with E-state index < -0.39 is 42.4 Å². The second-order valence-electron chi connectivity index (χ2n) is 9.74. The number of carbonyl (C=O) groups is 3. The Kier molecular flexibility index (Phi) is 8.62. The van der Waals surface area contributed by atoms with Crippen molar-refractivity contribution in [3.05, 3.63) is 120 Å². The summed E-state index contributed by atoms with van der Waals surface area (Å²) >= 11 is 1.38. The van der Waals surface area contributed by atoms with E-state index in [1.54, 1.807) is 95.6 Å². The average Bonchev–Trinajstić information content (AvgIpc) is 3.65.